The van der Waals surface area contributed by atoms with Crippen molar-refractivity contribution in [2.45, 2.75) is 47.1 Å². The van der Waals surface area contributed by atoms with Gasteiger partial charge in [-0.25, -0.2) is 0 Å². The van der Waals surface area contributed by atoms with Crippen LogP contribution in [0.3, 0.4) is 0 Å². The number of nitrogens with two attached hydrogens (primary N) is 1. The van der Waals surface area contributed by atoms with E-state index >= 15 is 0 Å². The first kappa shape index (κ1) is 25.0. The average Bonchev–Trinajstić information content (AvgIpc) is 2.17. The van der Waals surface area contributed by atoms with Gasteiger partial charge in [0.1, 0.15) is 0 Å². The first-order chi connectivity index (χ1) is 7.94. The molecule has 0 aromatic rings. The molecule has 4 N–H and O–H groups in total. The third-order valence-corrected chi connectivity index (χ3v) is 1.70. The molecule has 0 bridgehead atoms. The molecule has 0 saturated carbocycles. The molecule has 1 heterocycles. The van der Waals surface area contributed by atoms with Gasteiger partial charge in [0.2, 0.25) is 5.91 Å². The van der Waals surface area contributed by atoms with Gasteiger partial charge in [-0.2, -0.15) is 0 Å². The zero-order valence-electron chi connectivity index (χ0n) is 13.7. The Morgan fingerprint density at radius 3 is 1.16 bits per heavy atom. The van der Waals surface area contributed by atoms with E-state index in [-0.39, 0.29) is 62.7 Å². The fourth-order valence-corrected chi connectivity index (χ4v) is 0.604. The molecule has 1 fully saturated rings. The van der Waals surface area contributed by atoms with Crippen molar-refractivity contribution in [3.8, 4) is 0 Å². The maximum absolute atomic E-state index is 10.2. The Labute approximate surface area is 160 Å². The van der Waals surface area contributed by atoms with Gasteiger partial charge in [0.05, 0.1) is 0 Å². The van der Waals surface area contributed by atoms with Gasteiger partial charge >= 0.3 is 51.4 Å². The number of piperazine rings is 1. The van der Waals surface area contributed by atoms with Crippen LogP contribution in [0.4, 0.5) is 0 Å². The van der Waals surface area contributed by atoms with E-state index in [1.54, 1.807) is 41.5 Å². The zero-order valence-corrected chi connectivity index (χ0v) is 16.8. The summed E-state index contributed by atoms with van der Waals surface area (Å²) in [6, 6.07) is 0. The van der Waals surface area contributed by atoms with Crippen LogP contribution in [-0.2, 0) is 4.79 Å². The van der Waals surface area contributed by atoms with Crippen molar-refractivity contribution in [1.29, 1.82) is 0 Å². The molecule has 5 nitrogen and oxygen atoms in total. The van der Waals surface area contributed by atoms with Crippen molar-refractivity contribution < 1.29 is 61.3 Å². The predicted molar refractivity (Wildman–Crippen MR) is 74.1 cm³/mol. The Hall–Kier alpha value is 0.986. The van der Waals surface area contributed by atoms with Crippen molar-refractivity contribution in [3.63, 3.8) is 0 Å². The molecular formula is C13H30KN3O2. The summed E-state index contributed by atoms with van der Waals surface area (Å²) in [6.45, 7) is 14.8. The van der Waals surface area contributed by atoms with E-state index in [0.29, 0.717) is 0 Å². The monoisotopic (exact) mass is 299 g/mol. The maximum atomic E-state index is 10.2. The first-order valence-corrected chi connectivity index (χ1v) is 6.36. The van der Waals surface area contributed by atoms with Crippen molar-refractivity contribution >= 4 is 5.91 Å². The summed E-state index contributed by atoms with van der Waals surface area (Å²) in [5.74, 6) is -0.257. The number of carbonyl (C=O) groups excluding carboxylic acids is 1. The van der Waals surface area contributed by atoms with Crippen molar-refractivity contribution in [1.82, 2.24) is 10.6 Å². The normalized spacial score (nSPS) is 14.9. The standard InChI is InChI=1S/C5H11NO.C4H10N2.C4H9O.K/c1-5(2,3)4(6)7;1-2-6-4-3-5-1;1-4(2,3)5;/h1-3H3,(H2,6,7);5-6H,1-4H2;1-3H3;/q;;-1;+1. The molecule has 0 aromatic heterocycles. The minimum Gasteiger partial charge on any atom is -0.850 e. The van der Waals surface area contributed by atoms with Crippen LogP contribution in [0.25, 0.3) is 0 Å². The summed E-state index contributed by atoms with van der Waals surface area (Å²) in [4.78, 5) is 10.2. The summed E-state index contributed by atoms with van der Waals surface area (Å²) in [5.41, 5.74) is 3.82. The van der Waals surface area contributed by atoms with Crippen LogP contribution >= 0.6 is 0 Å². The van der Waals surface area contributed by atoms with Crippen molar-refractivity contribution in [2.24, 2.45) is 11.1 Å². The predicted octanol–water partition coefficient (Wildman–Crippen LogP) is -3.15. The van der Waals surface area contributed by atoms with E-state index in [1.165, 1.54) is 0 Å². The second-order valence-electron chi connectivity index (χ2n) is 6.23. The molecule has 1 aliphatic rings. The van der Waals surface area contributed by atoms with E-state index in [4.69, 9.17) is 5.73 Å². The second kappa shape index (κ2) is 12.7. The van der Waals surface area contributed by atoms with Crippen LogP contribution in [0.1, 0.15) is 41.5 Å². The van der Waals surface area contributed by atoms with Crippen LogP contribution in [0.15, 0.2) is 0 Å². The summed E-state index contributed by atoms with van der Waals surface area (Å²) in [7, 11) is 0. The quantitative estimate of drug-likeness (QED) is 0.412. The molecule has 19 heavy (non-hydrogen) atoms. The molecule has 1 amide bonds. The summed E-state index contributed by atoms with van der Waals surface area (Å²) in [6.07, 6.45) is 0. The van der Waals surface area contributed by atoms with E-state index in [9.17, 15) is 9.90 Å². The van der Waals surface area contributed by atoms with Gasteiger partial charge in [0, 0.05) is 31.6 Å². The molecular weight excluding hydrogens is 269 g/mol. The average molecular weight is 300 g/mol. The molecule has 1 rings (SSSR count). The molecule has 0 radical (unpaired) electrons. The smallest absolute Gasteiger partial charge is 0.850 e. The van der Waals surface area contributed by atoms with Gasteiger partial charge in [0.15, 0.2) is 0 Å². The second-order valence-corrected chi connectivity index (χ2v) is 6.23. The van der Waals surface area contributed by atoms with Gasteiger partial charge in [-0.05, 0) is 0 Å². The Bertz CT molecular complexity index is 201. The van der Waals surface area contributed by atoms with E-state index in [1.807, 2.05) is 0 Å². The van der Waals surface area contributed by atoms with Gasteiger partial charge in [-0.3, -0.25) is 4.79 Å². The van der Waals surface area contributed by atoms with E-state index in [0.717, 1.165) is 26.2 Å². The van der Waals surface area contributed by atoms with Crippen LogP contribution in [0.5, 0.6) is 0 Å². The van der Waals surface area contributed by atoms with Gasteiger partial charge in [-0.15, -0.1) is 5.60 Å². The number of hydrogen-bond donors (Lipinski definition) is 3. The number of rotatable bonds is 0. The van der Waals surface area contributed by atoms with Crippen molar-refractivity contribution in [3.05, 3.63) is 0 Å². The van der Waals surface area contributed by atoms with Gasteiger partial charge in [0.25, 0.3) is 0 Å². The van der Waals surface area contributed by atoms with Crippen LogP contribution in [0.2, 0.25) is 0 Å². The summed E-state index contributed by atoms with van der Waals surface area (Å²) >= 11 is 0. The number of primary amides is 1. The molecule has 0 aromatic carbocycles. The van der Waals surface area contributed by atoms with E-state index < -0.39 is 5.60 Å². The largest absolute Gasteiger partial charge is 1.00 e. The first-order valence-electron chi connectivity index (χ1n) is 6.36. The zero-order chi connectivity index (χ0) is 14.8. The fraction of sp³-hybridized carbons (Fsp3) is 0.923. The third kappa shape index (κ3) is 32.5. The summed E-state index contributed by atoms with van der Waals surface area (Å²) in [5, 5.41) is 16.5. The molecule has 0 aliphatic carbocycles. The molecule has 6 heteroatoms. The molecule has 110 valence electrons. The minimum absolute atomic E-state index is 0. The molecule has 1 aliphatic heterocycles. The number of amides is 1. The molecule has 0 spiro atoms. The molecule has 1 saturated heterocycles. The van der Waals surface area contributed by atoms with Crippen LogP contribution < -0.4 is 72.9 Å². The fourth-order valence-electron chi connectivity index (χ4n) is 0.604. The van der Waals surface area contributed by atoms with Gasteiger partial charge < -0.3 is 21.5 Å². The minimum atomic E-state index is -0.750. The van der Waals surface area contributed by atoms with Crippen LogP contribution in [-0.4, -0.2) is 37.7 Å². The Morgan fingerprint density at radius 2 is 1.11 bits per heavy atom. The summed E-state index contributed by atoms with van der Waals surface area (Å²) < 4.78 is 0. The number of nitrogens with one attached hydrogen (secondary N) is 2. The maximum Gasteiger partial charge on any atom is 1.00 e. The number of carbonyl (C=O) groups is 1. The molecule has 0 atom stereocenters. The van der Waals surface area contributed by atoms with Crippen LogP contribution in [0, 0.1) is 5.41 Å². The Balaban J connectivity index is -0.000000200. The Morgan fingerprint density at radius 1 is 0.947 bits per heavy atom. The topological polar surface area (TPSA) is 90.2 Å². The number of hydrogen-bond acceptors (Lipinski definition) is 4. The molecule has 0 unspecified atom stereocenters. The SMILES string of the molecule is C1CNCCN1.CC(C)(C)C(N)=O.CC(C)(C)[O-].[K+]. The third-order valence-electron chi connectivity index (χ3n) is 1.70. The van der Waals surface area contributed by atoms with Gasteiger partial charge in [-0.1, -0.05) is 41.5 Å². The Kier molecular flexibility index (Phi) is 16.7. The van der Waals surface area contributed by atoms with E-state index in [2.05, 4.69) is 10.6 Å². The van der Waals surface area contributed by atoms with Crippen molar-refractivity contribution in [2.75, 3.05) is 26.2 Å².